The van der Waals surface area contributed by atoms with Crippen LogP contribution in [0.4, 0.5) is 4.79 Å². The molecule has 5 nitrogen and oxygen atoms in total. The maximum atomic E-state index is 11.7. The molecule has 2 N–H and O–H groups in total. The van der Waals surface area contributed by atoms with Crippen LogP contribution >= 0.6 is 0 Å². The van der Waals surface area contributed by atoms with E-state index in [1.165, 1.54) is 0 Å². The first kappa shape index (κ1) is 13.5. The van der Waals surface area contributed by atoms with Gasteiger partial charge in [-0.15, -0.1) is 6.58 Å². The van der Waals surface area contributed by atoms with E-state index < -0.39 is 11.4 Å². The second kappa shape index (κ2) is 5.70. The molecule has 0 aromatic carbocycles. The number of hydrogen-bond donors (Lipinski definition) is 2. The molecule has 1 aliphatic heterocycles. The Bertz CT molecular complexity index is 317. The van der Waals surface area contributed by atoms with E-state index in [1.807, 2.05) is 6.92 Å². The minimum atomic E-state index is -0.793. The van der Waals surface area contributed by atoms with Crippen molar-refractivity contribution in [2.75, 3.05) is 19.6 Å². The molecule has 96 valence electrons. The van der Waals surface area contributed by atoms with Gasteiger partial charge in [0.15, 0.2) is 0 Å². The number of nitrogens with one attached hydrogen (secondary N) is 1. The number of hydrogen-bond acceptors (Lipinski definition) is 2. The van der Waals surface area contributed by atoms with E-state index in [1.54, 1.807) is 11.0 Å². The van der Waals surface area contributed by atoms with Crippen LogP contribution in [0.2, 0.25) is 0 Å². The van der Waals surface area contributed by atoms with Gasteiger partial charge in [-0.25, -0.2) is 4.79 Å². The Morgan fingerprint density at radius 2 is 2.29 bits per heavy atom. The predicted octanol–water partition coefficient (Wildman–Crippen LogP) is 1.46. The summed E-state index contributed by atoms with van der Waals surface area (Å²) in [5.74, 6) is -0.793. The molecule has 17 heavy (non-hydrogen) atoms. The van der Waals surface area contributed by atoms with Crippen molar-refractivity contribution in [1.82, 2.24) is 10.2 Å². The lowest BCUT2D eigenvalue weighted by Crippen LogP contribution is -2.41. The standard InChI is InChI=1S/C12H20N2O3/c1-3-5-12(10(15)16)6-8-14(9-12)11(17)13-7-4-2/h4H,2-3,5-9H2,1H3,(H,13,17)(H,15,16). The van der Waals surface area contributed by atoms with E-state index in [4.69, 9.17) is 0 Å². The Morgan fingerprint density at radius 3 is 2.82 bits per heavy atom. The smallest absolute Gasteiger partial charge is 0.317 e. The Kier molecular flexibility index (Phi) is 4.54. The second-order valence-corrected chi connectivity index (χ2v) is 4.48. The summed E-state index contributed by atoms with van der Waals surface area (Å²) in [6, 6.07) is -0.205. The van der Waals surface area contributed by atoms with Crippen LogP contribution in [0.3, 0.4) is 0 Å². The van der Waals surface area contributed by atoms with Crippen LogP contribution < -0.4 is 5.32 Å². The Balaban J connectivity index is 2.62. The molecule has 1 atom stereocenters. The summed E-state index contributed by atoms with van der Waals surface area (Å²) >= 11 is 0. The largest absolute Gasteiger partial charge is 0.481 e. The van der Waals surface area contributed by atoms with Gasteiger partial charge in [0.2, 0.25) is 0 Å². The molecule has 0 aliphatic carbocycles. The van der Waals surface area contributed by atoms with Gasteiger partial charge < -0.3 is 15.3 Å². The normalized spacial score (nSPS) is 23.5. The van der Waals surface area contributed by atoms with Crippen molar-refractivity contribution in [2.45, 2.75) is 26.2 Å². The van der Waals surface area contributed by atoms with Crippen LogP contribution in [0, 0.1) is 5.41 Å². The first-order valence-electron chi connectivity index (χ1n) is 5.93. The van der Waals surface area contributed by atoms with Crippen LogP contribution in [-0.4, -0.2) is 41.6 Å². The topological polar surface area (TPSA) is 69.6 Å². The maximum absolute atomic E-state index is 11.7. The molecule has 0 spiro atoms. The number of aliphatic carboxylic acids is 1. The molecule has 1 unspecified atom stereocenters. The summed E-state index contributed by atoms with van der Waals surface area (Å²) in [5.41, 5.74) is -0.750. The van der Waals surface area contributed by atoms with E-state index in [2.05, 4.69) is 11.9 Å². The molecule has 0 bridgehead atoms. The van der Waals surface area contributed by atoms with Gasteiger partial charge in [-0.1, -0.05) is 19.4 Å². The van der Waals surface area contributed by atoms with Crippen molar-refractivity contribution < 1.29 is 14.7 Å². The van der Waals surface area contributed by atoms with Crippen LogP contribution in [-0.2, 0) is 4.79 Å². The molecule has 5 heteroatoms. The van der Waals surface area contributed by atoms with E-state index in [-0.39, 0.29) is 6.03 Å². The first-order valence-corrected chi connectivity index (χ1v) is 5.93. The molecule has 2 amide bonds. The molecule has 1 rings (SSSR count). The number of carbonyl (C=O) groups excluding carboxylic acids is 1. The van der Waals surface area contributed by atoms with Crippen molar-refractivity contribution in [3.8, 4) is 0 Å². The number of rotatable bonds is 5. The Morgan fingerprint density at radius 1 is 1.59 bits per heavy atom. The van der Waals surface area contributed by atoms with Crippen molar-refractivity contribution in [1.29, 1.82) is 0 Å². The fraction of sp³-hybridized carbons (Fsp3) is 0.667. The van der Waals surface area contributed by atoms with Crippen LogP contribution in [0.15, 0.2) is 12.7 Å². The lowest BCUT2D eigenvalue weighted by atomic mass is 9.83. The molecule has 0 aromatic rings. The summed E-state index contributed by atoms with van der Waals surface area (Å²) in [6.07, 6.45) is 3.57. The zero-order valence-corrected chi connectivity index (χ0v) is 10.2. The third kappa shape index (κ3) is 2.99. The Hall–Kier alpha value is -1.52. The van der Waals surface area contributed by atoms with Gasteiger partial charge in [-0.2, -0.15) is 0 Å². The average molecular weight is 240 g/mol. The molecule has 1 aliphatic rings. The summed E-state index contributed by atoms with van der Waals surface area (Å²) in [4.78, 5) is 24.6. The highest BCUT2D eigenvalue weighted by Crippen LogP contribution is 2.35. The number of nitrogens with zero attached hydrogens (tertiary/aromatic N) is 1. The predicted molar refractivity (Wildman–Crippen MR) is 64.8 cm³/mol. The molecule has 0 saturated carbocycles. The Labute approximate surface area is 101 Å². The third-order valence-corrected chi connectivity index (χ3v) is 3.22. The van der Waals surface area contributed by atoms with Crippen LogP contribution in [0.5, 0.6) is 0 Å². The van der Waals surface area contributed by atoms with E-state index in [0.717, 1.165) is 6.42 Å². The molecule has 1 saturated heterocycles. The van der Waals surface area contributed by atoms with Gasteiger partial charge in [-0.3, -0.25) is 4.79 Å². The number of amides is 2. The third-order valence-electron chi connectivity index (χ3n) is 3.22. The molecule has 0 aromatic heterocycles. The van der Waals surface area contributed by atoms with Gasteiger partial charge in [0.1, 0.15) is 0 Å². The van der Waals surface area contributed by atoms with Crippen LogP contribution in [0.1, 0.15) is 26.2 Å². The van der Waals surface area contributed by atoms with Crippen molar-refractivity contribution in [3.05, 3.63) is 12.7 Å². The zero-order valence-electron chi connectivity index (χ0n) is 10.2. The quantitative estimate of drug-likeness (QED) is 0.715. The number of carboxylic acids is 1. The molecule has 1 fully saturated rings. The van der Waals surface area contributed by atoms with Gasteiger partial charge in [0.05, 0.1) is 5.41 Å². The molecular formula is C12H20N2O3. The second-order valence-electron chi connectivity index (χ2n) is 4.48. The maximum Gasteiger partial charge on any atom is 0.317 e. The molecule has 0 radical (unpaired) electrons. The minimum absolute atomic E-state index is 0.205. The van der Waals surface area contributed by atoms with Crippen molar-refractivity contribution >= 4 is 12.0 Å². The highest BCUT2D eigenvalue weighted by molar-refractivity contribution is 5.79. The summed E-state index contributed by atoms with van der Waals surface area (Å²) in [6.45, 7) is 6.70. The first-order chi connectivity index (χ1) is 8.05. The minimum Gasteiger partial charge on any atom is -0.481 e. The number of carboxylic acid groups (broad SMARTS) is 1. The monoisotopic (exact) mass is 240 g/mol. The highest BCUT2D eigenvalue weighted by atomic mass is 16.4. The SMILES string of the molecule is C=CCNC(=O)N1CCC(CCC)(C(=O)O)C1. The number of carbonyl (C=O) groups is 2. The summed E-state index contributed by atoms with van der Waals surface area (Å²) in [5, 5.41) is 12.0. The van der Waals surface area contributed by atoms with Crippen LogP contribution in [0.25, 0.3) is 0 Å². The number of likely N-dealkylation sites (tertiary alicyclic amines) is 1. The summed E-state index contributed by atoms with van der Waals surface area (Å²) in [7, 11) is 0. The summed E-state index contributed by atoms with van der Waals surface area (Å²) < 4.78 is 0. The highest BCUT2D eigenvalue weighted by Gasteiger charge is 2.45. The average Bonchev–Trinajstić information content (AvgIpc) is 2.72. The van der Waals surface area contributed by atoms with Gasteiger partial charge in [-0.05, 0) is 12.8 Å². The van der Waals surface area contributed by atoms with E-state index in [0.29, 0.717) is 32.5 Å². The van der Waals surface area contributed by atoms with Gasteiger partial charge in [0.25, 0.3) is 0 Å². The lowest BCUT2D eigenvalue weighted by molar-refractivity contribution is -0.148. The van der Waals surface area contributed by atoms with Gasteiger partial charge >= 0.3 is 12.0 Å². The van der Waals surface area contributed by atoms with Crippen molar-refractivity contribution in [2.24, 2.45) is 5.41 Å². The lowest BCUT2D eigenvalue weighted by Gasteiger charge is -2.24. The molecular weight excluding hydrogens is 220 g/mol. The molecule has 1 heterocycles. The number of urea groups is 1. The fourth-order valence-electron chi connectivity index (χ4n) is 2.28. The fourth-order valence-corrected chi connectivity index (χ4v) is 2.28. The van der Waals surface area contributed by atoms with E-state index >= 15 is 0 Å². The van der Waals surface area contributed by atoms with Gasteiger partial charge in [0, 0.05) is 19.6 Å². The zero-order chi connectivity index (χ0) is 12.9. The van der Waals surface area contributed by atoms with E-state index in [9.17, 15) is 14.7 Å². The van der Waals surface area contributed by atoms with Crippen molar-refractivity contribution in [3.63, 3.8) is 0 Å².